The standard InChI is InChI=1S/C26H21FN6O3/c27-19-13-31-21(17-10-28-15-29-11-17)22-20(19)18(12-30-22)23(34)25(36)33-9-8-32(14-26(33)6-7-26)24(35)16-4-2-1-3-5-16/h1-5,10-13,15,30H,6-9,14H2. The van der Waals surface area contributed by atoms with E-state index in [9.17, 15) is 18.8 Å². The van der Waals surface area contributed by atoms with Crippen molar-refractivity contribution < 1.29 is 18.8 Å². The van der Waals surface area contributed by atoms with Gasteiger partial charge in [-0.15, -0.1) is 0 Å². The number of ketones is 1. The number of carbonyl (C=O) groups excluding carboxylic acids is 3. The molecular weight excluding hydrogens is 463 g/mol. The molecule has 2 amide bonds. The van der Waals surface area contributed by atoms with Crippen LogP contribution in [0.5, 0.6) is 0 Å². The van der Waals surface area contributed by atoms with Gasteiger partial charge in [-0.3, -0.25) is 19.4 Å². The number of benzene rings is 1. The summed E-state index contributed by atoms with van der Waals surface area (Å²) in [5, 5.41) is 0.00458. The average Bonchev–Trinajstić information content (AvgIpc) is 3.52. The Morgan fingerprint density at radius 1 is 1.00 bits per heavy atom. The normalized spacial score (nSPS) is 16.4. The van der Waals surface area contributed by atoms with Crippen molar-refractivity contribution in [2.24, 2.45) is 0 Å². The van der Waals surface area contributed by atoms with Crippen LogP contribution < -0.4 is 0 Å². The Kier molecular flexibility index (Phi) is 5.10. The van der Waals surface area contributed by atoms with Crippen molar-refractivity contribution in [3.05, 3.63) is 78.4 Å². The number of amides is 2. The average molecular weight is 484 g/mol. The zero-order chi connectivity index (χ0) is 24.9. The van der Waals surface area contributed by atoms with Gasteiger partial charge in [0, 0.05) is 49.4 Å². The van der Waals surface area contributed by atoms with Gasteiger partial charge in [-0.2, -0.15) is 0 Å². The Hall–Kier alpha value is -4.47. The maximum atomic E-state index is 14.9. The summed E-state index contributed by atoms with van der Waals surface area (Å²) >= 11 is 0. The SMILES string of the molecule is O=C(C(=O)N1CCN(C(=O)c2ccccc2)CC12CC2)c1c[nH]c2c(-c3cncnc3)ncc(F)c12. The summed E-state index contributed by atoms with van der Waals surface area (Å²) in [6.07, 6.45) is 8.21. The number of hydrogen-bond donors (Lipinski definition) is 1. The van der Waals surface area contributed by atoms with Gasteiger partial charge in [-0.25, -0.2) is 14.4 Å². The number of aromatic nitrogens is 4. The van der Waals surface area contributed by atoms with Gasteiger partial charge in [0.25, 0.3) is 17.6 Å². The van der Waals surface area contributed by atoms with Gasteiger partial charge in [0.15, 0.2) is 5.82 Å². The number of aromatic amines is 1. The summed E-state index contributed by atoms with van der Waals surface area (Å²) in [5.74, 6) is -2.29. The Labute approximate surface area is 205 Å². The lowest BCUT2D eigenvalue weighted by molar-refractivity contribution is -0.131. The van der Waals surface area contributed by atoms with Gasteiger partial charge >= 0.3 is 0 Å². The lowest BCUT2D eigenvalue weighted by atomic mass is 10.0. The number of fused-ring (bicyclic) bond motifs is 1. The molecule has 1 spiro atoms. The number of piperazine rings is 1. The highest BCUT2D eigenvalue weighted by Gasteiger charge is 2.55. The van der Waals surface area contributed by atoms with E-state index in [4.69, 9.17) is 0 Å². The molecule has 10 heteroatoms. The molecule has 1 aromatic carbocycles. The van der Waals surface area contributed by atoms with E-state index in [1.54, 1.807) is 21.9 Å². The van der Waals surface area contributed by atoms with Crippen LogP contribution in [0.3, 0.4) is 0 Å². The van der Waals surface area contributed by atoms with Crippen LogP contribution in [0.4, 0.5) is 4.39 Å². The smallest absolute Gasteiger partial charge is 0.295 e. The van der Waals surface area contributed by atoms with Crippen molar-refractivity contribution in [1.29, 1.82) is 0 Å². The number of rotatable bonds is 4. The van der Waals surface area contributed by atoms with Gasteiger partial charge in [-0.05, 0) is 25.0 Å². The third-order valence-corrected chi connectivity index (χ3v) is 6.97. The first-order chi connectivity index (χ1) is 17.5. The van der Waals surface area contributed by atoms with E-state index in [-0.39, 0.29) is 23.4 Å². The molecule has 0 bridgehead atoms. The summed E-state index contributed by atoms with van der Waals surface area (Å²) in [7, 11) is 0. The highest BCUT2D eigenvalue weighted by molar-refractivity contribution is 6.45. The Bertz CT molecular complexity index is 1500. The maximum Gasteiger partial charge on any atom is 0.295 e. The van der Waals surface area contributed by atoms with Gasteiger partial charge in [0.05, 0.1) is 33.9 Å². The molecule has 4 heterocycles. The van der Waals surface area contributed by atoms with Crippen LogP contribution in [0.2, 0.25) is 0 Å². The van der Waals surface area contributed by atoms with Crippen molar-refractivity contribution in [3.8, 4) is 11.3 Å². The lowest BCUT2D eigenvalue weighted by Gasteiger charge is -2.41. The van der Waals surface area contributed by atoms with E-state index < -0.39 is 23.0 Å². The number of H-pyrrole nitrogens is 1. The molecule has 0 atom stereocenters. The number of nitrogens with zero attached hydrogens (tertiary/aromatic N) is 5. The van der Waals surface area contributed by atoms with Crippen molar-refractivity contribution in [3.63, 3.8) is 0 Å². The number of halogens is 1. The van der Waals surface area contributed by atoms with Crippen LogP contribution >= 0.6 is 0 Å². The first-order valence-corrected chi connectivity index (χ1v) is 11.6. The largest absolute Gasteiger partial charge is 0.359 e. The summed E-state index contributed by atoms with van der Waals surface area (Å²) < 4.78 is 14.9. The van der Waals surface area contributed by atoms with Gasteiger partial charge < -0.3 is 14.8 Å². The van der Waals surface area contributed by atoms with Crippen LogP contribution in [0.15, 0.2) is 61.4 Å². The molecule has 0 radical (unpaired) electrons. The number of nitrogens with one attached hydrogen (secondary N) is 1. The van der Waals surface area contributed by atoms with Gasteiger partial charge in [0.1, 0.15) is 6.33 Å². The highest BCUT2D eigenvalue weighted by Crippen LogP contribution is 2.45. The summed E-state index contributed by atoms with van der Waals surface area (Å²) in [5.41, 5.74) is 1.20. The fourth-order valence-electron chi connectivity index (χ4n) is 4.97. The van der Waals surface area contributed by atoms with Crippen LogP contribution in [0, 0.1) is 5.82 Å². The number of carbonyl (C=O) groups is 3. The topological polar surface area (TPSA) is 112 Å². The van der Waals surface area contributed by atoms with E-state index in [0.29, 0.717) is 48.3 Å². The fourth-order valence-corrected chi connectivity index (χ4v) is 4.97. The van der Waals surface area contributed by atoms with E-state index in [1.807, 2.05) is 18.2 Å². The molecule has 1 aliphatic carbocycles. The minimum Gasteiger partial charge on any atom is -0.359 e. The monoisotopic (exact) mass is 484 g/mol. The molecule has 9 nitrogen and oxygen atoms in total. The predicted molar refractivity (Wildman–Crippen MR) is 127 cm³/mol. The predicted octanol–water partition coefficient (Wildman–Crippen LogP) is 2.86. The molecule has 4 aromatic rings. The molecule has 2 aliphatic rings. The first-order valence-electron chi connectivity index (χ1n) is 11.6. The highest BCUT2D eigenvalue weighted by atomic mass is 19.1. The lowest BCUT2D eigenvalue weighted by Crippen LogP contribution is -2.59. The fraction of sp³-hybridized carbons (Fsp3) is 0.231. The Balaban J connectivity index is 1.27. The minimum atomic E-state index is -0.796. The molecule has 1 saturated heterocycles. The van der Waals surface area contributed by atoms with Gasteiger partial charge in [0.2, 0.25) is 0 Å². The third kappa shape index (κ3) is 3.53. The molecule has 1 aliphatic heterocycles. The Morgan fingerprint density at radius 3 is 2.47 bits per heavy atom. The molecule has 1 saturated carbocycles. The van der Waals surface area contributed by atoms with E-state index in [0.717, 1.165) is 6.20 Å². The molecule has 2 fully saturated rings. The van der Waals surface area contributed by atoms with Crippen LogP contribution in [0.25, 0.3) is 22.2 Å². The van der Waals surface area contributed by atoms with E-state index >= 15 is 0 Å². The zero-order valence-corrected chi connectivity index (χ0v) is 19.1. The van der Waals surface area contributed by atoms with E-state index in [2.05, 4.69) is 19.9 Å². The second kappa shape index (κ2) is 8.33. The molecule has 180 valence electrons. The second-order valence-corrected chi connectivity index (χ2v) is 9.14. The summed E-state index contributed by atoms with van der Waals surface area (Å²) in [4.78, 5) is 58.0. The molecule has 3 aromatic heterocycles. The van der Waals surface area contributed by atoms with Crippen molar-refractivity contribution in [1.82, 2.24) is 29.7 Å². The van der Waals surface area contributed by atoms with Crippen molar-refractivity contribution in [2.75, 3.05) is 19.6 Å². The van der Waals surface area contributed by atoms with Crippen molar-refractivity contribution >= 4 is 28.5 Å². The quantitative estimate of drug-likeness (QED) is 0.352. The molecule has 6 rings (SSSR count). The number of Topliss-reactive ketones (excluding diaryl/α,β-unsaturated/α-hetero) is 1. The second-order valence-electron chi connectivity index (χ2n) is 9.14. The summed E-state index contributed by atoms with van der Waals surface area (Å²) in [6, 6.07) is 9.00. The van der Waals surface area contributed by atoms with Crippen molar-refractivity contribution in [2.45, 2.75) is 18.4 Å². The van der Waals surface area contributed by atoms with Crippen LogP contribution in [0.1, 0.15) is 33.6 Å². The first kappa shape index (κ1) is 22.0. The number of pyridine rings is 1. The molecule has 1 N–H and O–H groups in total. The zero-order valence-electron chi connectivity index (χ0n) is 19.1. The molecule has 0 unspecified atom stereocenters. The molecule has 36 heavy (non-hydrogen) atoms. The minimum absolute atomic E-state index is 0.00458. The van der Waals surface area contributed by atoms with Crippen LogP contribution in [-0.4, -0.2) is 72.5 Å². The maximum absolute atomic E-state index is 14.9. The third-order valence-electron chi connectivity index (χ3n) is 6.97. The number of hydrogen-bond acceptors (Lipinski definition) is 6. The molecular formula is C26H21FN6O3. The van der Waals surface area contributed by atoms with E-state index in [1.165, 1.54) is 24.9 Å². The summed E-state index contributed by atoms with van der Waals surface area (Å²) in [6.45, 7) is 0.922. The van der Waals surface area contributed by atoms with Gasteiger partial charge in [-0.1, -0.05) is 18.2 Å². The van der Waals surface area contributed by atoms with Crippen LogP contribution in [-0.2, 0) is 4.79 Å². The Morgan fingerprint density at radius 2 is 1.75 bits per heavy atom.